The van der Waals surface area contributed by atoms with Gasteiger partial charge in [0, 0.05) is 0 Å². The number of ether oxygens (including phenoxy) is 3. The molecule has 8 N–H and O–H groups in total. The summed E-state index contributed by atoms with van der Waals surface area (Å²) in [6, 6.07) is 0. The van der Waals surface area contributed by atoms with Crippen molar-refractivity contribution in [3.8, 4) is 0 Å². The molecule has 0 radical (unpaired) electrons. The zero-order valence-corrected chi connectivity index (χ0v) is 12.0. The van der Waals surface area contributed by atoms with Gasteiger partial charge in [0.05, 0.1) is 13.2 Å². The Labute approximate surface area is 130 Å². The molecule has 0 aliphatic carbocycles. The normalized spacial score (nSPS) is 51.7. The fourth-order valence-electron chi connectivity index (χ4n) is 2.56. The lowest BCUT2D eigenvalue weighted by Gasteiger charge is -2.45. The monoisotopic (exact) mass is 342 g/mol. The van der Waals surface area contributed by atoms with Crippen LogP contribution in [0.1, 0.15) is 0 Å². The van der Waals surface area contributed by atoms with E-state index in [0.717, 1.165) is 0 Å². The lowest BCUT2D eigenvalue weighted by molar-refractivity contribution is -0.355. The molecule has 0 aromatic rings. The summed E-state index contributed by atoms with van der Waals surface area (Å²) in [4.78, 5) is 0. The molecule has 23 heavy (non-hydrogen) atoms. The van der Waals surface area contributed by atoms with E-state index in [1.807, 2.05) is 0 Å². The van der Waals surface area contributed by atoms with Crippen molar-refractivity contribution in [1.29, 1.82) is 0 Å². The van der Waals surface area contributed by atoms with Gasteiger partial charge in [-0.25, -0.2) is 0 Å². The van der Waals surface area contributed by atoms with Gasteiger partial charge in [-0.15, -0.1) is 0 Å². The van der Waals surface area contributed by atoms with E-state index >= 15 is 0 Å². The van der Waals surface area contributed by atoms with Crippen LogP contribution in [0.4, 0.5) is 0 Å². The summed E-state index contributed by atoms with van der Waals surface area (Å²) in [5.41, 5.74) is 0. The minimum Gasteiger partial charge on any atom is -0.394 e. The minimum absolute atomic E-state index is 0.667. The molecule has 0 aromatic heterocycles. The number of hydrogen-bond acceptors (Lipinski definition) is 11. The predicted molar refractivity (Wildman–Crippen MR) is 68.6 cm³/mol. The molecule has 0 amide bonds. The average Bonchev–Trinajstić information content (AvgIpc) is 2.54. The fraction of sp³-hybridized carbons (Fsp3) is 1.00. The highest BCUT2D eigenvalue weighted by Crippen LogP contribution is 2.28. The van der Waals surface area contributed by atoms with E-state index < -0.39 is 74.6 Å². The molecule has 2 aliphatic rings. The van der Waals surface area contributed by atoms with Gasteiger partial charge in [-0.2, -0.15) is 0 Å². The van der Waals surface area contributed by atoms with E-state index in [4.69, 9.17) is 24.4 Å². The molecule has 0 spiro atoms. The second-order valence-electron chi connectivity index (χ2n) is 5.53. The van der Waals surface area contributed by atoms with E-state index in [2.05, 4.69) is 0 Å². The van der Waals surface area contributed by atoms with Crippen LogP contribution in [-0.4, -0.2) is 115 Å². The number of aliphatic hydroxyl groups is 8. The van der Waals surface area contributed by atoms with Crippen molar-refractivity contribution >= 4 is 0 Å². The van der Waals surface area contributed by atoms with Gasteiger partial charge in [0.2, 0.25) is 0 Å². The van der Waals surface area contributed by atoms with Crippen LogP contribution in [0.15, 0.2) is 0 Å². The Hall–Kier alpha value is -0.440. The molecule has 11 heteroatoms. The van der Waals surface area contributed by atoms with Gasteiger partial charge in [0.15, 0.2) is 12.6 Å². The summed E-state index contributed by atoms with van der Waals surface area (Å²) in [7, 11) is 0. The van der Waals surface area contributed by atoms with Gasteiger partial charge in [-0.1, -0.05) is 0 Å². The predicted octanol–water partition coefficient (Wildman–Crippen LogP) is -5.40. The van der Waals surface area contributed by atoms with Gasteiger partial charge in [-0.3, -0.25) is 0 Å². The fourth-order valence-corrected chi connectivity index (χ4v) is 2.56. The zero-order valence-electron chi connectivity index (χ0n) is 12.0. The van der Waals surface area contributed by atoms with Crippen LogP contribution in [0.25, 0.3) is 0 Å². The third-order valence-electron chi connectivity index (χ3n) is 3.98. The largest absolute Gasteiger partial charge is 0.394 e. The van der Waals surface area contributed by atoms with E-state index in [0.29, 0.717) is 0 Å². The summed E-state index contributed by atoms with van der Waals surface area (Å²) in [5.74, 6) is 0. The van der Waals surface area contributed by atoms with E-state index in [9.17, 15) is 30.6 Å². The molecule has 0 aromatic carbocycles. The summed E-state index contributed by atoms with van der Waals surface area (Å²) >= 11 is 0. The maximum absolute atomic E-state index is 10.00. The molecule has 2 heterocycles. The van der Waals surface area contributed by atoms with Crippen LogP contribution in [0.2, 0.25) is 0 Å². The van der Waals surface area contributed by atoms with Crippen molar-refractivity contribution in [1.82, 2.24) is 0 Å². The van der Waals surface area contributed by atoms with Crippen molar-refractivity contribution in [2.24, 2.45) is 0 Å². The molecule has 0 unspecified atom stereocenters. The topological polar surface area (TPSA) is 190 Å². The standard InChI is InChI=1S/C12H22O11/c13-1-3-5(15)7(17)8(18)12(22-3)23-10-6(16)4(2-14)21-11(20)9(10)19/h3-20H,1-2H2/t3-,4+,5-,6-,7+,8-,9-,10-,11-,12+/m0/s1. The average molecular weight is 342 g/mol. The van der Waals surface area contributed by atoms with Crippen LogP contribution >= 0.6 is 0 Å². The van der Waals surface area contributed by atoms with Crippen molar-refractivity contribution in [2.45, 2.75) is 61.4 Å². The number of aliphatic hydroxyl groups excluding tert-OH is 8. The van der Waals surface area contributed by atoms with Crippen LogP contribution in [0.5, 0.6) is 0 Å². The zero-order chi connectivity index (χ0) is 17.3. The highest BCUT2D eigenvalue weighted by Gasteiger charge is 2.50. The molecule has 2 fully saturated rings. The Morgan fingerprint density at radius 2 is 1.22 bits per heavy atom. The Bertz CT molecular complexity index is 380. The quantitative estimate of drug-likeness (QED) is 0.243. The van der Waals surface area contributed by atoms with Crippen LogP contribution in [-0.2, 0) is 14.2 Å². The molecule has 11 nitrogen and oxygen atoms in total. The summed E-state index contributed by atoms with van der Waals surface area (Å²) in [5, 5.41) is 76.8. The van der Waals surface area contributed by atoms with E-state index in [-0.39, 0.29) is 0 Å². The van der Waals surface area contributed by atoms with Crippen molar-refractivity contribution in [3.63, 3.8) is 0 Å². The minimum atomic E-state index is -1.76. The van der Waals surface area contributed by atoms with Crippen molar-refractivity contribution < 1.29 is 55.1 Å². The Morgan fingerprint density at radius 3 is 1.78 bits per heavy atom. The van der Waals surface area contributed by atoms with E-state index in [1.54, 1.807) is 0 Å². The highest BCUT2D eigenvalue weighted by molar-refractivity contribution is 4.93. The first-order valence-corrected chi connectivity index (χ1v) is 7.08. The second-order valence-corrected chi connectivity index (χ2v) is 5.53. The van der Waals surface area contributed by atoms with Crippen LogP contribution < -0.4 is 0 Å². The van der Waals surface area contributed by atoms with Crippen LogP contribution in [0.3, 0.4) is 0 Å². The Balaban J connectivity index is 2.11. The molecular formula is C12H22O11. The van der Waals surface area contributed by atoms with Crippen LogP contribution in [0, 0.1) is 0 Å². The first kappa shape index (κ1) is 18.9. The van der Waals surface area contributed by atoms with Gasteiger partial charge in [-0.05, 0) is 0 Å². The first-order valence-electron chi connectivity index (χ1n) is 7.08. The van der Waals surface area contributed by atoms with Gasteiger partial charge in [0.1, 0.15) is 48.8 Å². The molecule has 10 atom stereocenters. The first-order chi connectivity index (χ1) is 10.8. The maximum Gasteiger partial charge on any atom is 0.187 e. The smallest absolute Gasteiger partial charge is 0.187 e. The third-order valence-corrected chi connectivity index (χ3v) is 3.98. The molecule has 2 aliphatic heterocycles. The summed E-state index contributed by atoms with van der Waals surface area (Å²) in [6.45, 7) is -1.34. The number of hydrogen-bond donors (Lipinski definition) is 8. The molecular weight excluding hydrogens is 320 g/mol. The van der Waals surface area contributed by atoms with Gasteiger partial charge < -0.3 is 55.1 Å². The highest BCUT2D eigenvalue weighted by atomic mass is 16.7. The Kier molecular flexibility index (Phi) is 6.27. The van der Waals surface area contributed by atoms with Gasteiger partial charge >= 0.3 is 0 Å². The number of rotatable bonds is 4. The molecule has 2 saturated heterocycles. The third kappa shape index (κ3) is 3.65. The molecule has 2 rings (SSSR count). The van der Waals surface area contributed by atoms with Crippen molar-refractivity contribution in [2.75, 3.05) is 13.2 Å². The van der Waals surface area contributed by atoms with E-state index in [1.165, 1.54) is 0 Å². The summed E-state index contributed by atoms with van der Waals surface area (Å²) < 4.78 is 15.1. The van der Waals surface area contributed by atoms with Crippen molar-refractivity contribution in [3.05, 3.63) is 0 Å². The maximum atomic E-state index is 10.00. The molecule has 136 valence electrons. The lowest BCUT2D eigenvalue weighted by Crippen LogP contribution is -2.64. The molecule has 0 bridgehead atoms. The Morgan fingerprint density at radius 1 is 0.652 bits per heavy atom. The van der Waals surface area contributed by atoms with Gasteiger partial charge in [0.25, 0.3) is 0 Å². The molecule has 0 saturated carbocycles. The SMILES string of the molecule is OC[C@@H]1O[C@H](O[C@H]2[C@@H](O)[C@@H](CO)O[C@H](O)[C@H]2O)[C@@H](O)[C@H](O)[C@H]1O. The lowest BCUT2D eigenvalue weighted by atomic mass is 9.97. The summed E-state index contributed by atoms with van der Waals surface area (Å²) in [6.07, 6.45) is -15.7. The second kappa shape index (κ2) is 7.63.